The number of amides is 1. The van der Waals surface area contributed by atoms with Crippen LogP contribution in [0.5, 0.6) is 5.75 Å². The first-order valence-electron chi connectivity index (χ1n) is 6.37. The van der Waals surface area contributed by atoms with Crippen molar-refractivity contribution in [3.8, 4) is 18.1 Å². The van der Waals surface area contributed by atoms with Gasteiger partial charge in [0.05, 0.1) is 19.8 Å². The van der Waals surface area contributed by atoms with Crippen molar-refractivity contribution in [1.82, 2.24) is 5.32 Å². The van der Waals surface area contributed by atoms with E-state index in [4.69, 9.17) is 15.9 Å². The molecule has 0 aliphatic heterocycles. The first-order valence-corrected chi connectivity index (χ1v) is 6.37. The molecule has 0 fully saturated rings. The number of aliphatic hydroxyl groups is 2. The van der Waals surface area contributed by atoms with Crippen LogP contribution in [0.1, 0.15) is 0 Å². The molecule has 1 aromatic rings. The summed E-state index contributed by atoms with van der Waals surface area (Å²) >= 11 is 0. The van der Waals surface area contributed by atoms with Crippen molar-refractivity contribution in [3.63, 3.8) is 0 Å². The molecular formula is C15H19NO5. The summed E-state index contributed by atoms with van der Waals surface area (Å²) in [7, 11) is 0. The van der Waals surface area contributed by atoms with Crippen LogP contribution < -0.4 is 10.1 Å². The number of para-hydroxylation sites is 1. The predicted octanol–water partition coefficient (Wildman–Crippen LogP) is -0.445. The lowest BCUT2D eigenvalue weighted by atomic mass is 10.0. The van der Waals surface area contributed by atoms with Gasteiger partial charge in [0.2, 0.25) is 0 Å². The van der Waals surface area contributed by atoms with E-state index >= 15 is 0 Å². The summed E-state index contributed by atoms with van der Waals surface area (Å²) in [6.45, 7) is -1.27. The molecule has 0 saturated carbocycles. The van der Waals surface area contributed by atoms with Crippen molar-refractivity contribution in [3.05, 3.63) is 30.3 Å². The number of hydrogen-bond acceptors (Lipinski definition) is 5. The molecule has 1 rings (SSSR count). The number of terminal acetylenes is 1. The van der Waals surface area contributed by atoms with E-state index in [1.165, 1.54) is 0 Å². The molecule has 0 radical (unpaired) electrons. The largest absolute Gasteiger partial charge is 0.484 e. The van der Waals surface area contributed by atoms with Crippen LogP contribution >= 0.6 is 0 Å². The van der Waals surface area contributed by atoms with E-state index in [-0.39, 0.29) is 19.8 Å². The second kappa shape index (κ2) is 8.97. The molecule has 0 atom stereocenters. The van der Waals surface area contributed by atoms with E-state index < -0.39 is 24.7 Å². The van der Waals surface area contributed by atoms with Gasteiger partial charge in [0.15, 0.2) is 6.61 Å². The number of hydrogen-bond donors (Lipinski definition) is 3. The Morgan fingerprint density at radius 1 is 1.29 bits per heavy atom. The van der Waals surface area contributed by atoms with Crippen molar-refractivity contribution in [1.29, 1.82) is 0 Å². The van der Waals surface area contributed by atoms with E-state index in [1.54, 1.807) is 24.3 Å². The van der Waals surface area contributed by atoms with Crippen molar-refractivity contribution in [2.45, 2.75) is 5.54 Å². The number of benzene rings is 1. The van der Waals surface area contributed by atoms with Crippen molar-refractivity contribution in [2.75, 3.05) is 33.0 Å². The highest BCUT2D eigenvalue weighted by Crippen LogP contribution is 2.08. The summed E-state index contributed by atoms with van der Waals surface area (Å²) in [5, 5.41) is 21.2. The van der Waals surface area contributed by atoms with Crippen molar-refractivity contribution < 1.29 is 24.5 Å². The minimum Gasteiger partial charge on any atom is -0.484 e. The topological polar surface area (TPSA) is 88.0 Å². The number of carbonyl (C=O) groups excluding carboxylic acids is 1. The Hall–Kier alpha value is -2.07. The van der Waals surface area contributed by atoms with E-state index in [2.05, 4.69) is 11.2 Å². The average molecular weight is 293 g/mol. The van der Waals surface area contributed by atoms with Crippen LogP contribution in [0.2, 0.25) is 0 Å². The molecule has 3 N–H and O–H groups in total. The Morgan fingerprint density at radius 3 is 2.52 bits per heavy atom. The van der Waals surface area contributed by atoms with Crippen LogP contribution in [0.4, 0.5) is 0 Å². The fraction of sp³-hybridized carbons (Fsp3) is 0.400. The van der Waals surface area contributed by atoms with Crippen LogP contribution in [-0.4, -0.2) is 54.7 Å². The minimum atomic E-state index is -1.28. The summed E-state index contributed by atoms with van der Waals surface area (Å²) in [6, 6.07) is 8.83. The van der Waals surface area contributed by atoms with Gasteiger partial charge in [-0.2, -0.15) is 0 Å². The molecule has 6 nitrogen and oxygen atoms in total. The first kappa shape index (κ1) is 17.0. The molecule has 1 aromatic carbocycles. The van der Waals surface area contributed by atoms with Gasteiger partial charge in [0.1, 0.15) is 17.9 Å². The Balaban J connectivity index is 2.50. The van der Waals surface area contributed by atoms with Crippen molar-refractivity contribution >= 4 is 5.91 Å². The standard InChI is InChI=1S/C15H19NO5/c1-2-8-20-12-15(10-17,11-18)16-14(19)9-21-13-6-4-3-5-7-13/h1,3-7,17-18H,8-12H2,(H,16,19). The maximum absolute atomic E-state index is 11.8. The van der Waals surface area contributed by atoms with Gasteiger partial charge in [-0.1, -0.05) is 24.1 Å². The normalized spacial score (nSPS) is 10.7. The third-order valence-electron chi connectivity index (χ3n) is 2.69. The summed E-state index contributed by atoms with van der Waals surface area (Å²) in [4.78, 5) is 11.8. The molecule has 0 aliphatic carbocycles. The minimum absolute atomic E-state index is 0.0259. The highest BCUT2D eigenvalue weighted by Gasteiger charge is 2.31. The van der Waals surface area contributed by atoms with Gasteiger partial charge in [-0.3, -0.25) is 4.79 Å². The van der Waals surface area contributed by atoms with Gasteiger partial charge in [0, 0.05) is 0 Å². The lowest BCUT2D eigenvalue weighted by Crippen LogP contribution is -2.58. The highest BCUT2D eigenvalue weighted by atomic mass is 16.5. The first-order chi connectivity index (χ1) is 10.2. The number of rotatable bonds is 9. The summed E-state index contributed by atoms with van der Waals surface area (Å²) in [5.41, 5.74) is -1.28. The predicted molar refractivity (Wildman–Crippen MR) is 76.6 cm³/mol. The van der Waals surface area contributed by atoms with E-state index in [0.717, 1.165) is 0 Å². The fourth-order valence-corrected chi connectivity index (χ4v) is 1.56. The molecule has 6 heteroatoms. The molecule has 1 amide bonds. The molecule has 114 valence electrons. The molecular weight excluding hydrogens is 274 g/mol. The molecule has 21 heavy (non-hydrogen) atoms. The van der Waals surface area contributed by atoms with Gasteiger partial charge < -0.3 is 25.0 Å². The second-order valence-corrected chi connectivity index (χ2v) is 4.44. The van der Waals surface area contributed by atoms with Crippen LogP contribution in [0.25, 0.3) is 0 Å². The van der Waals surface area contributed by atoms with Gasteiger partial charge in [0.25, 0.3) is 5.91 Å². The maximum atomic E-state index is 11.8. The zero-order valence-corrected chi connectivity index (χ0v) is 11.6. The maximum Gasteiger partial charge on any atom is 0.258 e. The van der Waals surface area contributed by atoms with E-state index in [9.17, 15) is 15.0 Å². The fourth-order valence-electron chi connectivity index (χ4n) is 1.56. The summed E-state index contributed by atoms with van der Waals surface area (Å²) in [5.74, 6) is 2.34. The molecule has 0 aliphatic rings. The van der Waals surface area contributed by atoms with E-state index in [0.29, 0.717) is 5.75 Å². The van der Waals surface area contributed by atoms with Crippen LogP contribution in [0, 0.1) is 12.3 Å². The van der Waals surface area contributed by atoms with Crippen molar-refractivity contribution in [2.24, 2.45) is 0 Å². The Kier molecular flexibility index (Phi) is 7.26. The molecule has 0 heterocycles. The Bertz CT molecular complexity index is 465. The lowest BCUT2D eigenvalue weighted by molar-refractivity contribution is -0.127. The van der Waals surface area contributed by atoms with E-state index in [1.807, 2.05) is 6.07 Å². The smallest absolute Gasteiger partial charge is 0.258 e. The SMILES string of the molecule is C#CCOCC(CO)(CO)NC(=O)COc1ccccc1. The average Bonchev–Trinajstić information content (AvgIpc) is 2.53. The molecule has 0 saturated heterocycles. The molecule has 0 unspecified atom stereocenters. The Morgan fingerprint density at radius 2 is 1.95 bits per heavy atom. The summed E-state index contributed by atoms with van der Waals surface area (Å²) in [6.07, 6.45) is 5.05. The number of aliphatic hydroxyl groups excluding tert-OH is 2. The quantitative estimate of drug-likeness (QED) is 0.424. The Labute approximate surface area is 123 Å². The third kappa shape index (κ3) is 5.83. The molecule has 0 bridgehead atoms. The zero-order chi connectivity index (χ0) is 15.6. The van der Waals surface area contributed by atoms with Gasteiger partial charge in [-0.25, -0.2) is 0 Å². The van der Waals surface area contributed by atoms with Crippen LogP contribution in [0.15, 0.2) is 30.3 Å². The third-order valence-corrected chi connectivity index (χ3v) is 2.69. The van der Waals surface area contributed by atoms with Gasteiger partial charge in [-0.05, 0) is 12.1 Å². The molecule has 0 spiro atoms. The van der Waals surface area contributed by atoms with Gasteiger partial charge in [-0.15, -0.1) is 6.42 Å². The van der Waals surface area contributed by atoms with Crippen LogP contribution in [-0.2, 0) is 9.53 Å². The van der Waals surface area contributed by atoms with Gasteiger partial charge >= 0.3 is 0 Å². The molecule has 0 aromatic heterocycles. The number of nitrogens with one attached hydrogen (secondary N) is 1. The summed E-state index contributed by atoms with van der Waals surface area (Å²) < 4.78 is 10.4. The zero-order valence-electron chi connectivity index (χ0n) is 11.6. The number of ether oxygens (including phenoxy) is 2. The second-order valence-electron chi connectivity index (χ2n) is 4.44. The number of carbonyl (C=O) groups is 1. The highest BCUT2D eigenvalue weighted by molar-refractivity contribution is 5.78. The lowest BCUT2D eigenvalue weighted by Gasteiger charge is -2.30. The monoisotopic (exact) mass is 293 g/mol. The van der Waals surface area contributed by atoms with Crippen LogP contribution in [0.3, 0.4) is 0 Å².